The third-order valence-corrected chi connectivity index (χ3v) is 10.4. The fraction of sp³-hybridized carbons (Fsp3) is 0.576. The van der Waals surface area contributed by atoms with Crippen molar-refractivity contribution in [2.45, 2.75) is 45.1 Å². The van der Waals surface area contributed by atoms with Gasteiger partial charge in [0.15, 0.2) is 0 Å². The van der Waals surface area contributed by atoms with Gasteiger partial charge >= 0.3 is 0 Å². The monoisotopic (exact) mass is 574 g/mol. The number of rotatable bonds is 5. The Morgan fingerprint density at radius 3 is 2.34 bits per heavy atom. The van der Waals surface area contributed by atoms with Crippen LogP contribution in [-0.2, 0) is 0 Å². The molecule has 8 heteroatoms. The molecule has 4 heterocycles. The molecule has 1 N–H and O–H groups in total. The molecule has 0 aromatic heterocycles. The summed E-state index contributed by atoms with van der Waals surface area (Å²) in [7, 11) is 0. The van der Waals surface area contributed by atoms with E-state index in [9.17, 15) is 10.1 Å². The van der Waals surface area contributed by atoms with E-state index < -0.39 is 0 Å². The van der Waals surface area contributed by atoms with Crippen molar-refractivity contribution in [3.05, 3.63) is 58.6 Å². The zero-order valence-electron chi connectivity index (χ0n) is 24.3. The number of benzene rings is 2. The maximum absolute atomic E-state index is 13.3. The molecule has 1 atom stereocenters. The predicted molar refractivity (Wildman–Crippen MR) is 166 cm³/mol. The van der Waals surface area contributed by atoms with Crippen molar-refractivity contribution in [1.29, 1.82) is 5.26 Å². The first kappa shape index (κ1) is 28.3. The van der Waals surface area contributed by atoms with Gasteiger partial charge in [0.2, 0.25) is 0 Å². The Hall–Kier alpha value is -2.79. The first-order valence-electron chi connectivity index (χ1n) is 15.5. The van der Waals surface area contributed by atoms with Gasteiger partial charge in [-0.05, 0) is 92.8 Å². The van der Waals surface area contributed by atoms with Crippen LogP contribution in [-0.4, -0.2) is 87.2 Å². The minimum absolute atomic E-state index is 0.178. The summed E-state index contributed by atoms with van der Waals surface area (Å²) in [5.41, 5.74) is 3.98. The van der Waals surface area contributed by atoms with Gasteiger partial charge in [0, 0.05) is 88.4 Å². The number of carbonyl (C=O) groups is 1. The minimum Gasteiger partial charge on any atom is -0.371 e. The molecule has 1 amide bonds. The SMILES string of the molecule is C[C@H]1CC2(CCN(c3ccc(C(=O)N4CCC(CN5CCNCC5)CC4)cc3)CC2)CN1c1ccc(C#N)c(Cl)c1. The molecule has 0 saturated carbocycles. The molecule has 6 rings (SSSR count). The number of hydrogen-bond acceptors (Lipinski definition) is 6. The third-order valence-electron chi connectivity index (χ3n) is 10.1. The normalized spacial score (nSPS) is 23.6. The summed E-state index contributed by atoms with van der Waals surface area (Å²) in [6, 6.07) is 16.8. The number of nitriles is 1. The molecular formula is C33H43ClN6O. The molecule has 0 radical (unpaired) electrons. The molecule has 2 aromatic rings. The largest absolute Gasteiger partial charge is 0.371 e. The van der Waals surface area contributed by atoms with Crippen molar-refractivity contribution < 1.29 is 4.79 Å². The Morgan fingerprint density at radius 2 is 1.68 bits per heavy atom. The Kier molecular flexibility index (Phi) is 8.44. The second kappa shape index (κ2) is 12.2. The van der Waals surface area contributed by atoms with Gasteiger partial charge < -0.3 is 24.9 Å². The lowest BCUT2D eigenvalue weighted by Gasteiger charge is -2.40. The van der Waals surface area contributed by atoms with E-state index in [2.05, 4.69) is 50.0 Å². The first-order chi connectivity index (χ1) is 19.9. The number of amides is 1. The highest BCUT2D eigenvalue weighted by Gasteiger charge is 2.44. The number of piperazine rings is 1. The third kappa shape index (κ3) is 6.21. The molecule has 4 saturated heterocycles. The van der Waals surface area contributed by atoms with E-state index in [1.165, 1.54) is 18.7 Å². The lowest BCUT2D eigenvalue weighted by atomic mass is 9.76. The van der Waals surface area contributed by atoms with Gasteiger partial charge in [0.25, 0.3) is 5.91 Å². The van der Waals surface area contributed by atoms with Gasteiger partial charge in [-0.3, -0.25) is 4.79 Å². The molecule has 0 bridgehead atoms. The molecule has 4 aliphatic heterocycles. The molecule has 41 heavy (non-hydrogen) atoms. The molecule has 0 aliphatic carbocycles. The fourth-order valence-electron chi connectivity index (χ4n) is 7.61. The van der Waals surface area contributed by atoms with Crippen LogP contribution in [0.25, 0.3) is 0 Å². The van der Waals surface area contributed by atoms with Crippen LogP contribution in [0.3, 0.4) is 0 Å². The van der Waals surface area contributed by atoms with Crippen molar-refractivity contribution >= 4 is 28.9 Å². The van der Waals surface area contributed by atoms with Gasteiger partial charge in [-0.15, -0.1) is 0 Å². The molecule has 7 nitrogen and oxygen atoms in total. The first-order valence-corrected chi connectivity index (χ1v) is 15.8. The Bertz CT molecular complexity index is 1250. The predicted octanol–water partition coefficient (Wildman–Crippen LogP) is 4.85. The molecule has 1 spiro atoms. The molecule has 2 aromatic carbocycles. The highest BCUT2D eigenvalue weighted by molar-refractivity contribution is 6.32. The van der Waals surface area contributed by atoms with Crippen molar-refractivity contribution in [2.75, 3.05) is 75.2 Å². The van der Waals surface area contributed by atoms with Crippen LogP contribution in [0.15, 0.2) is 42.5 Å². The summed E-state index contributed by atoms with van der Waals surface area (Å²) in [5.74, 6) is 0.886. The number of anilines is 2. The van der Waals surface area contributed by atoms with Crippen LogP contribution in [0.1, 0.15) is 54.9 Å². The lowest BCUT2D eigenvalue weighted by Crippen LogP contribution is -2.47. The van der Waals surface area contributed by atoms with E-state index in [-0.39, 0.29) is 5.91 Å². The minimum atomic E-state index is 0.178. The maximum Gasteiger partial charge on any atom is 0.253 e. The zero-order valence-corrected chi connectivity index (χ0v) is 25.1. The average Bonchev–Trinajstić information content (AvgIpc) is 3.33. The van der Waals surface area contributed by atoms with Gasteiger partial charge in [0.05, 0.1) is 10.6 Å². The summed E-state index contributed by atoms with van der Waals surface area (Å²) >= 11 is 6.35. The second-order valence-corrected chi connectivity index (χ2v) is 13.2. The van der Waals surface area contributed by atoms with Crippen molar-refractivity contribution in [2.24, 2.45) is 11.3 Å². The summed E-state index contributed by atoms with van der Waals surface area (Å²) < 4.78 is 0. The number of likely N-dealkylation sites (tertiary alicyclic amines) is 1. The van der Waals surface area contributed by atoms with E-state index in [1.54, 1.807) is 0 Å². The Balaban J connectivity index is 1.000. The second-order valence-electron chi connectivity index (χ2n) is 12.8. The number of halogens is 1. The van der Waals surface area contributed by atoms with E-state index in [0.29, 0.717) is 28.0 Å². The van der Waals surface area contributed by atoms with Crippen LogP contribution in [0, 0.1) is 22.7 Å². The molecule has 218 valence electrons. The van der Waals surface area contributed by atoms with Gasteiger partial charge in [-0.1, -0.05) is 11.6 Å². The Morgan fingerprint density at radius 1 is 1.00 bits per heavy atom. The molecule has 0 unspecified atom stereocenters. The van der Waals surface area contributed by atoms with Crippen molar-refractivity contribution in [3.63, 3.8) is 0 Å². The van der Waals surface area contributed by atoms with Crippen LogP contribution in [0.5, 0.6) is 0 Å². The van der Waals surface area contributed by atoms with Gasteiger partial charge in [-0.2, -0.15) is 5.26 Å². The van der Waals surface area contributed by atoms with Gasteiger partial charge in [-0.25, -0.2) is 0 Å². The zero-order chi connectivity index (χ0) is 28.4. The number of nitrogens with zero attached hydrogens (tertiary/aromatic N) is 5. The number of piperidine rings is 2. The topological polar surface area (TPSA) is 65.9 Å². The van der Waals surface area contributed by atoms with E-state index >= 15 is 0 Å². The average molecular weight is 575 g/mol. The quantitative estimate of drug-likeness (QED) is 0.550. The van der Waals surface area contributed by atoms with Crippen LogP contribution >= 0.6 is 11.6 Å². The Labute approximate surface area is 250 Å². The standard InChI is InChI=1S/C33H43ClN6O/c1-25-21-33(24-40(25)30-7-4-28(22-35)31(34)20-30)10-16-38(17-11-33)29-5-2-27(3-6-29)32(41)39-14-8-26(9-15-39)23-37-18-12-36-13-19-37/h2-7,20,25-26,36H,8-19,21,23-24H2,1H3/t25-/m0/s1. The molecule has 4 fully saturated rings. The fourth-order valence-corrected chi connectivity index (χ4v) is 7.83. The van der Waals surface area contributed by atoms with Crippen molar-refractivity contribution in [3.8, 4) is 6.07 Å². The highest BCUT2D eigenvalue weighted by Crippen LogP contribution is 2.46. The van der Waals surface area contributed by atoms with Crippen LogP contribution < -0.4 is 15.1 Å². The summed E-state index contributed by atoms with van der Waals surface area (Å²) in [4.78, 5) is 22.8. The summed E-state index contributed by atoms with van der Waals surface area (Å²) in [6.45, 7) is 12.8. The van der Waals surface area contributed by atoms with E-state index in [0.717, 1.165) is 95.8 Å². The number of hydrogen-bond donors (Lipinski definition) is 1. The summed E-state index contributed by atoms with van der Waals surface area (Å²) in [6.07, 6.45) is 5.70. The van der Waals surface area contributed by atoms with E-state index in [1.807, 2.05) is 30.3 Å². The lowest BCUT2D eigenvalue weighted by molar-refractivity contribution is 0.0663. The van der Waals surface area contributed by atoms with Crippen LogP contribution in [0.2, 0.25) is 5.02 Å². The number of nitrogens with one attached hydrogen (secondary N) is 1. The smallest absolute Gasteiger partial charge is 0.253 e. The highest BCUT2D eigenvalue weighted by atomic mass is 35.5. The van der Waals surface area contributed by atoms with E-state index in [4.69, 9.17) is 11.6 Å². The van der Waals surface area contributed by atoms with Crippen LogP contribution in [0.4, 0.5) is 11.4 Å². The summed E-state index contributed by atoms with van der Waals surface area (Å²) in [5, 5.41) is 13.2. The molecular weight excluding hydrogens is 532 g/mol. The number of carbonyl (C=O) groups excluding carboxylic acids is 1. The maximum atomic E-state index is 13.3. The van der Waals surface area contributed by atoms with Crippen molar-refractivity contribution in [1.82, 2.24) is 15.1 Å². The molecule has 4 aliphatic rings. The van der Waals surface area contributed by atoms with Gasteiger partial charge in [0.1, 0.15) is 6.07 Å².